The van der Waals surface area contributed by atoms with Gasteiger partial charge < -0.3 is 9.80 Å². The van der Waals surface area contributed by atoms with Crippen LogP contribution < -0.4 is 4.90 Å². The van der Waals surface area contributed by atoms with E-state index in [2.05, 4.69) is 66.1 Å². The number of benzene rings is 1. The highest BCUT2D eigenvalue weighted by Crippen LogP contribution is 2.24. The van der Waals surface area contributed by atoms with Crippen molar-refractivity contribution in [1.29, 1.82) is 0 Å². The number of aromatic nitrogens is 1. The third-order valence-corrected chi connectivity index (χ3v) is 6.48. The SMILES string of the molecule is Br.Br.Br.CCCN1CCN(c2ncc(CCN(C)CCc3ccc(C)cc3)s2)CC1. The zero-order valence-corrected chi connectivity index (χ0v) is 24.3. The monoisotopic (exact) mass is 626 g/mol. The Hall–Kier alpha value is 0.01000. The lowest BCUT2D eigenvalue weighted by molar-refractivity contribution is 0.258. The zero-order chi connectivity index (χ0) is 19.1. The summed E-state index contributed by atoms with van der Waals surface area (Å²) in [5.41, 5.74) is 2.76. The van der Waals surface area contributed by atoms with Gasteiger partial charge in [-0.15, -0.1) is 62.3 Å². The highest BCUT2D eigenvalue weighted by atomic mass is 79.9. The van der Waals surface area contributed by atoms with Crippen LogP contribution in [0.2, 0.25) is 0 Å². The van der Waals surface area contributed by atoms with Crippen molar-refractivity contribution >= 4 is 67.4 Å². The molecule has 0 amide bonds. The summed E-state index contributed by atoms with van der Waals surface area (Å²) in [5, 5.41) is 1.21. The van der Waals surface area contributed by atoms with Crippen molar-refractivity contribution in [3.05, 3.63) is 46.5 Å². The smallest absolute Gasteiger partial charge is 0.185 e. The van der Waals surface area contributed by atoms with E-state index >= 15 is 0 Å². The fourth-order valence-electron chi connectivity index (χ4n) is 3.53. The molecule has 0 spiro atoms. The fourth-order valence-corrected chi connectivity index (χ4v) is 4.48. The van der Waals surface area contributed by atoms with Gasteiger partial charge in [-0.05, 0) is 45.3 Å². The maximum absolute atomic E-state index is 4.70. The van der Waals surface area contributed by atoms with Gasteiger partial charge in [0, 0.05) is 50.3 Å². The third-order valence-electron chi connectivity index (χ3n) is 5.37. The molecule has 0 bridgehead atoms. The molecule has 0 N–H and O–H groups in total. The van der Waals surface area contributed by atoms with Crippen LogP contribution in [-0.4, -0.2) is 67.6 Å². The highest BCUT2D eigenvalue weighted by molar-refractivity contribution is 8.93. The molecule has 0 radical (unpaired) electrons. The number of hydrogen-bond donors (Lipinski definition) is 0. The van der Waals surface area contributed by atoms with E-state index in [0.717, 1.165) is 39.0 Å². The Morgan fingerprint density at radius 1 is 0.967 bits per heavy atom. The van der Waals surface area contributed by atoms with Crippen molar-refractivity contribution in [2.24, 2.45) is 0 Å². The largest absolute Gasteiger partial charge is 0.346 e. The summed E-state index contributed by atoms with van der Waals surface area (Å²) in [7, 11) is 2.23. The minimum absolute atomic E-state index is 0. The van der Waals surface area contributed by atoms with Crippen LogP contribution in [0.25, 0.3) is 0 Å². The molecule has 8 heteroatoms. The maximum Gasteiger partial charge on any atom is 0.185 e. The normalized spacial score (nSPS) is 14.1. The predicted octanol–water partition coefficient (Wildman–Crippen LogP) is 5.43. The summed E-state index contributed by atoms with van der Waals surface area (Å²) in [4.78, 5) is 13.6. The Morgan fingerprint density at radius 3 is 2.23 bits per heavy atom. The second-order valence-corrected chi connectivity index (χ2v) is 8.82. The Bertz CT molecular complexity index is 688. The lowest BCUT2D eigenvalue weighted by Gasteiger charge is -2.34. The standard InChI is InChI=1S/C22H34N4S.3BrH/c1-4-11-25-14-16-26(17-15-25)22-23-18-21(27-22)10-13-24(3)12-9-20-7-5-19(2)6-8-20;;;/h5-8,18H,4,9-17H2,1-3H3;3*1H. The minimum Gasteiger partial charge on any atom is -0.346 e. The fraction of sp³-hybridized carbons (Fsp3) is 0.591. The molecule has 4 nitrogen and oxygen atoms in total. The van der Waals surface area contributed by atoms with E-state index < -0.39 is 0 Å². The van der Waals surface area contributed by atoms with Gasteiger partial charge in [0.15, 0.2) is 5.13 Å². The van der Waals surface area contributed by atoms with E-state index in [1.54, 1.807) is 0 Å². The average molecular weight is 629 g/mol. The summed E-state index contributed by atoms with van der Waals surface area (Å²) in [5.74, 6) is 0. The van der Waals surface area contributed by atoms with Crippen LogP contribution in [0.15, 0.2) is 30.5 Å². The Kier molecular flexibility index (Phi) is 15.8. The molecule has 0 atom stereocenters. The van der Waals surface area contributed by atoms with E-state index in [4.69, 9.17) is 4.98 Å². The first-order valence-electron chi connectivity index (χ1n) is 10.3. The summed E-state index contributed by atoms with van der Waals surface area (Å²) >= 11 is 1.88. The van der Waals surface area contributed by atoms with Crippen LogP contribution in [0.4, 0.5) is 5.13 Å². The molecule has 172 valence electrons. The van der Waals surface area contributed by atoms with E-state index in [9.17, 15) is 0 Å². The molecule has 2 heterocycles. The van der Waals surface area contributed by atoms with Crippen LogP contribution in [0.3, 0.4) is 0 Å². The number of rotatable bonds is 9. The van der Waals surface area contributed by atoms with E-state index in [1.165, 1.54) is 47.2 Å². The second-order valence-electron chi connectivity index (χ2n) is 7.73. The second kappa shape index (κ2) is 15.8. The van der Waals surface area contributed by atoms with E-state index in [1.807, 2.05) is 11.3 Å². The van der Waals surface area contributed by atoms with Gasteiger partial charge in [0.25, 0.3) is 0 Å². The molecule has 2 aromatic rings. The molecule has 1 saturated heterocycles. The van der Waals surface area contributed by atoms with Gasteiger partial charge in [-0.25, -0.2) is 4.98 Å². The Labute approximate surface area is 218 Å². The van der Waals surface area contributed by atoms with E-state index in [0.29, 0.717) is 0 Å². The summed E-state index contributed by atoms with van der Waals surface area (Å²) < 4.78 is 0. The van der Waals surface area contributed by atoms with Crippen LogP contribution in [0, 0.1) is 6.92 Å². The first-order valence-corrected chi connectivity index (χ1v) is 11.1. The van der Waals surface area contributed by atoms with Crippen molar-refractivity contribution in [2.45, 2.75) is 33.1 Å². The van der Waals surface area contributed by atoms with Crippen molar-refractivity contribution < 1.29 is 0 Å². The summed E-state index contributed by atoms with van der Waals surface area (Å²) in [6, 6.07) is 8.91. The predicted molar refractivity (Wildman–Crippen MR) is 148 cm³/mol. The maximum atomic E-state index is 4.70. The van der Waals surface area contributed by atoms with Gasteiger partial charge in [0.1, 0.15) is 0 Å². The molecule has 0 saturated carbocycles. The van der Waals surface area contributed by atoms with Crippen molar-refractivity contribution in [3.63, 3.8) is 0 Å². The molecular weight excluding hydrogens is 592 g/mol. The lowest BCUT2D eigenvalue weighted by atomic mass is 10.1. The van der Waals surface area contributed by atoms with Gasteiger partial charge in [0.05, 0.1) is 0 Å². The first-order chi connectivity index (χ1) is 13.1. The molecule has 3 rings (SSSR count). The number of likely N-dealkylation sites (N-methyl/N-ethyl adjacent to an activating group) is 1. The summed E-state index contributed by atoms with van der Waals surface area (Å²) in [6.45, 7) is 12.4. The minimum atomic E-state index is 0. The number of piperazine rings is 1. The lowest BCUT2D eigenvalue weighted by Crippen LogP contribution is -2.46. The van der Waals surface area contributed by atoms with Crippen LogP contribution >= 0.6 is 62.3 Å². The van der Waals surface area contributed by atoms with E-state index in [-0.39, 0.29) is 50.9 Å². The first kappa shape index (κ1) is 30.0. The van der Waals surface area contributed by atoms with Gasteiger partial charge in [-0.1, -0.05) is 36.8 Å². The van der Waals surface area contributed by atoms with Crippen LogP contribution in [0.1, 0.15) is 29.3 Å². The number of halogens is 3. The van der Waals surface area contributed by atoms with Crippen LogP contribution in [-0.2, 0) is 12.8 Å². The Balaban J connectivity index is 0.00000280. The topological polar surface area (TPSA) is 22.6 Å². The number of nitrogens with zero attached hydrogens (tertiary/aromatic N) is 4. The molecule has 0 unspecified atom stereocenters. The molecule has 1 aromatic carbocycles. The molecule has 0 aliphatic carbocycles. The van der Waals surface area contributed by atoms with Gasteiger partial charge >= 0.3 is 0 Å². The highest BCUT2D eigenvalue weighted by Gasteiger charge is 2.18. The molecule has 1 aliphatic heterocycles. The van der Waals surface area contributed by atoms with Gasteiger partial charge in [-0.3, -0.25) is 4.90 Å². The third kappa shape index (κ3) is 9.65. The number of anilines is 1. The van der Waals surface area contributed by atoms with Crippen molar-refractivity contribution in [2.75, 3.05) is 57.8 Å². The number of hydrogen-bond acceptors (Lipinski definition) is 5. The number of thiazole rings is 1. The Morgan fingerprint density at radius 2 is 1.60 bits per heavy atom. The molecule has 1 aliphatic rings. The molecule has 1 aromatic heterocycles. The zero-order valence-electron chi connectivity index (χ0n) is 18.4. The summed E-state index contributed by atoms with van der Waals surface area (Å²) in [6.07, 6.45) is 5.55. The van der Waals surface area contributed by atoms with Crippen molar-refractivity contribution in [1.82, 2.24) is 14.8 Å². The average Bonchev–Trinajstić information content (AvgIpc) is 3.16. The molecule has 1 fully saturated rings. The number of aryl methyl sites for hydroxylation is 1. The van der Waals surface area contributed by atoms with Crippen molar-refractivity contribution in [3.8, 4) is 0 Å². The molecular formula is C22H37Br3N4S. The van der Waals surface area contributed by atoms with Gasteiger partial charge in [0.2, 0.25) is 0 Å². The van der Waals surface area contributed by atoms with Gasteiger partial charge in [-0.2, -0.15) is 0 Å². The quantitative estimate of drug-likeness (QED) is 0.369. The van der Waals surface area contributed by atoms with Crippen LogP contribution in [0.5, 0.6) is 0 Å². The molecule has 30 heavy (non-hydrogen) atoms.